The maximum absolute atomic E-state index is 10.2. The van der Waals surface area contributed by atoms with Gasteiger partial charge in [0.1, 0.15) is 0 Å². The molecule has 0 amide bonds. The zero-order chi connectivity index (χ0) is 21.7. The normalized spacial score (nSPS) is 46.2. The van der Waals surface area contributed by atoms with E-state index in [9.17, 15) is 5.11 Å². The Bertz CT molecular complexity index is 634. The summed E-state index contributed by atoms with van der Waals surface area (Å²) in [7, 11) is 0. The van der Waals surface area contributed by atoms with Crippen LogP contribution in [0.2, 0.25) is 0 Å². The number of rotatable bonds is 6. The summed E-state index contributed by atoms with van der Waals surface area (Å²) in [4.78, 5) is 0. The number of fused-ring (bicyclic) bond motifs is 5. The summed E-state index contributed by atoms with van der Waals surface area (Å²) in [6, 6.07) is 0. The van der Waals surface area contributed by atoms with Gasteiger partial charge < -0.3 is 5.11 Å². The average molecular weight is 416 g/mol. The lowest BCUT2D eigenvalue weighted by Crippen LogP contribution is -2.50. The molecule has 10 atom stereocenters. The largest absolute Gasteiger partial charge is 0.393 e. The highest BCUT2D eigenvalue weighted by atomic mass is 16.3. The molecule has 1 nitrogen and oxygen atoms in total. The minimum atomic E-state index is -0.0794. The summed E-state index contributed by atoms with van der Waals surface area (Å²) in [5, 5.41) is 10.2. The first kappa shape index (κ1) is 22.9. The van der Waals surface area contributed by atoms with Crippen molar-refractivity contribution in [2.45, 2.75) is 118 Å². The molecule has 0 radical (unpaired) electrons. The average Bonchev–Trinajstić information content (AvgIpc) is 3.06. The number of aliphatic hydroxyl groups excluding tert-OH is 1. The standard InChI is InChI=1S/C29H50O/c1-7-21(19(2)3)9-8-20(4)25-12-13-26-24-11-10-22-18-23(30)14-16-28(22,5)27(24)15-17-29(25,26)6/h10,19-21,23-27,30H,7-9,11-18H2,1-6H3/t20-,21-,23+,24+,25-,26+,27+,28+,29-/m1/s1/i2+1/t19?,20-,21-,23+,24+,25-,26+,27+,28+,29-. The maximum Gasteiger partial charge on any atom is 0.0577 e. The van der Waals surface area contributed by atoms with Gasteiger partial charge >= 0.3 is 0 Å². The van der Waals surface area contributed by atoms with E-state index in [1.165, 1.54) is 57.8 Å². The molecule has 0 heterocycles. The maximum atomic E-state index is 10.2. The molecule has 0 bridgehead atoms. The van der Waals surface area contributed by atoms with Crippen molar-refractivity contribution >= 4 is 0 Å². The van der Waals surface area contributed by atoms with Gasteiger partial charge in [-0.1, -0.05) is 66.0 Å². The van der Waals surface area contributed by atoms with Crippen LogP contribution in [0.4, 0.5) is 0 Å². The molecular formula is C29H50O. The van der Waals surface area contributed by atoms with Crippen LogP contribution in [0.5, 0.6) is 0 Å². The summed E-state index contributed by atoms with van der Waals surface area (Å²) in [6.45, 7) is 15.1. The fourth-order valence-electron chi connectivity index (χ4n) is 9.30. The summed E-state index contributed by atoms with van der Waals surface area (Å²) in [6.07, 6.45) is 17.1. The van der Waals surface area contributed by atoms with E-state index >= 15 is 0 Å². The molecule has 172 valence electrons. The van der Waals surface area contributed by atoms with Crippen molar-refractivity contribution in [2.24, 2.45) is 52.3 Å². The van der Waals surface area contributed by atoms with Crippen molar-refractivity contribution in [3.63, 3.8) is 0 Å². The van der Waals surface area contributed by atoms with Gasteiger partial charge in [0.15, 0.2) is 0 Å². The van der Waals surface area contributed by atoms with Gasteiger partial charge in [-0.25, -0.2) is 0 Å². The fourth-order valence-corrected chi connectivity index (χ4v) is 9.30. The van der Waals surface area contributed by atoms with Crippen LogP contribution < -0.4 is 0 Å². The molecule has 0 aromatic heterocycles. The van der Waals surface area contributed by atoms with Crippen molar-refractivity contribution in [3.05, 3.63) is 11.6 Å². The van der Waals surface area contributed by atoms with E-state index in [4.69, 9.17) is 0 Å². The molecule has 1 unspecified atom stereocenters. The van der Waals surface area contributed by atoms with Crippen LogP contribution in [-0.4, -0.2) is 11.2 Å². The lowest BCUT2D eigenvalue weighted by molar-refractivity contribution is -0.0575. The number of hydrogen-bond acceptors (Lipinski definition) is 1. The van der Waals surface area contributed by atoms with Crippen LogP contribution in [0.15, 0.2) is 11.6 Å². The van der Waals surface area contributed by atoms with Gasteiger partial charge in [0.05, 0.1) is 6.10 Å². The van der Waals surface area contributed by atoms with Gasteiger partial charge in [0, 0.05) is 0 Å². The minimum Gasteiger partial charge on any atom is -0.393 e. The predicted octanol–water partition coefficient (Wildman–Crippen LogP) is 8.02. The molecule has 0 aromatic carbocycles. The molecular weight excluding hydrogens is 365 g/mol. The second-order valence-corrected chi connectivity index (χ2v) is 12.9. The van der Waals surface area contributed by atoms with Crippen LogP contribution in [0.25, 0.3) is 0 Å². The lowest BCUT2D eigenvalue weighted by atomic mass is 9.47. The minimum absolute atomic E-state index is 0.0794. The monoisotopic (exact) mass is 415 g/mol. The van der Waals surface area contributed by atoms with Gasteiger partial charge in [0.2, 0.25) is 0 Å². The van der Waals surface area contributed by atoms with Crippen LogP contribution in [0.1, 0.15) is 112 Å². The summed E-state index contributed by atoms with van der Waals surface area (Å²) in [5.74, 6) is 6.31. The molecule has 4 aliphatic rings. The Morgan fingerprint density at radius 1 is 1.00 bits per heavy atom. The van der Waals surface area contributed by atoms with Crippen molar-refractivity contribution in [1.29, 1.82) is 0 Å². The molecule has 0 spiro atoms. The van der Waals surface area contributed by atoms with E-state index < -0.39 is 0 Å². The summed E-state index contributed by atoms with van der Waals surface area (Å²) >= 11 is 0. The summed E-state index contributed by atoms with van der Waals surface area (Å²) in [5.41, 5.74) is 2.59. The van der Waals surface area contributed by atoms with Crippen molar-refractivity contribution < 1.29 is 5.11 Å². The molecule has 1 heteroatoms. The molecule has 3 fully saturated rings. The predicted molar refractivity (Wildman–Crippen MR) is 128 cm³/mol. The molecule has 0 saturated heterocycles. The number of allylic oxidation sites excluding steroid dienone is 1. The molecule has 1 N–H and O–H groups in total. The molecule has 4 rings (SSSR count). The van der Waals surface area contributed by atoms with Crippen LogP contribution in [-0.2, 0) is 0 Å². The molecule has 30 heavy (non-hydrogen) atoms. The molecule has 3 saturated carbocycles. The third-order valence-corrected chi connectivity index (χ3v) is 11.3. The van der Waals surface area contributed by atoms with E-state index in [0.29, 0.717) is 10.8 Å². The Balaban J connectivity index is 1.47. The van der Waals surface area contributed by atoms with Gasteiger partial charge in [-0.3, -0.25) is 0 Å². The Hall–Kier alpha value is -0.300. The van der Waals surface area contributed by atoms with Gasteiger partial charge in [-0.05, 0) is 110 Å². The SMILES string of the molecule is CC[C@H](CC[C@@H](C)[C@H]1CC[C@H]2[C@@H]3CC=C4C[C@@H](O)CC[C@]4(C)[C@H]3CC[C@]12C)C(C)[13CH3]. The summed E-state index contributed by atoms with van der Waals surface area (Å²) < 4.78 is 0. The zero-order valence-electron chi connectivity index (χ0n) is 20.9. The van der Waals surface area contributed by atoms with Crippen LogP contribution in [0, 0.1) is 52.3 Å². The third kappa shape index (κ3) is 3.74. The Labute approximate surface area is 187 Å². The second-order valence-electron chi connectivity index (χ2n) is 12.9. The molecule has 0 aromatic rings. The van der Waals surface area contributed by atoms with Crippen LogP contribution in [0.3, 0.4) is 0 Å². The van der Waals surface area contributed by atoms with E-state index in [-0.39, 0.29) is 6.10 Å². The Morgan fingerprint density at radius 2 is 1.77 bits per heavy atom. The van der Waals surface area contributed by atoms with Gasteiger partial charge in [0.25, 0.3) is 0 Å². The number of aliphatic hydroxyl groups is 1. The van der Waals surface area contributed by atoms with Crippen molar-refractivity contribution in [3.8, 4) is 0 Å². The van der Waals surface area contributed by atoms with Gasteiger partial charge in [-0.2, -0.15) is 0 Å². The Morgan fingerprint density at radius 3 is 2.47 bits per heavy atom. The lowest BCUT2D eigenvalue weighted by Gasteiger charge is -2.58. The van der Waals surface area contributed by atoms with E-state index in [2.05, 4.69) is 47.6 Å². The molecule has 4 aliphatic carbocycles. The van der Waals surface area contributed by atoms with E-state index in [1.54, 1.807) is 5.57 Å². The first-order valence-electron chi connectivity index (χ1n) is 13.6. The van der Waals surface area contributed by atoms with Gasteiger partial charge in [-0.15, -0.1) is 0 Å². The first-order valence-corrected chi connectivity index (χ1v) is 13.6. The molecule has 0 aliphatic heterocycles. The second kappa shape index (κ2) is 8.57. The smallest absolute Gasteiger partial charge is 0.0577 e. The third-order valence-electron chi connectivity index (χ3n) is 11.3. The number of hydrogen-bond donors (Lipinski definition) is 1. The van der Waals surface area contributed by atoms with Crippen molar-refractivity contribution in [1.82, 2.24) is 0 Å². The highest BCUT2D eigenvalue weighted by Crippen LogP contribution is 2.67. The Kier molecular flexibility index (Phi) is 6.53. The first-order chi connectivity index (χ1) is 14.2. The van der Waals surface area contributed by atoms with E-state index in [1.807, 2.05) is 0 Å². The zero-order valence-corrected chi connectivity index (χ0v) is 20.9. The van der Waals surface area contributed by atoms with Crippen LogP contribution >= 0.6 is 0 Å². The topological polar surface area (TPSA) is 20.2 Å². The van der Waals surface area contributed by atoms with E-state index in [0.717, 1.165) is 54.3 Å². The van der Waals surface area contributed by atoms with Crippen molar-refractivity contribution in [2.75, 3.05) is 0 Å². The fraction of sp³-hybridized carbons (Fsp3) is 0.931. The quantitative estimate of drug-likeness (QED) is 0.344. The highest BCUT2D eigenvalue weighted by Gasteiger charge is 2.59. The highest BCUT2D eigenvalue weighted by molar-refractivity contribution is 5.25.